The first kappa shape index (κ1) is 17.5. The summed E-state index contributed by atoms with van der Waals surface area (Å²) in [5, 5.41) is 0. The third-order valence-electron chi connectivity index (χ3n) is 0. The summed E-state index contributed by atoms with van der Waals surface area (Å²) in [4.78, 5) is 1.50. The molecule has 0 bridgehead atoms. The molecule has 0 radical (unpaired) electrons. The fourth-order valence-electron chi connectivity index (χ4n) is 0. The first-order chi connectivity index (χ1) is 1.41. The van der Waals surface area contributed by atoms with E-state index in [9.17, 15) is 0 Å². The average Bonchev–Trinajstić information content (AvgIpc) is 0.918. The molecule has 5 heteroatoms. The number of nitrogens with zero attached hydrogens (tertiary/aromatic N) is 3. The van der Waals surface area contributed by atoms with E-state index in [1.807, 2.05) is 0 Å². The predicted molar refractivity (Wildman–Crippen MR) is 17.3 cm³/mol. The van der Waals surface area contributed by atoms with Gasteiger partial charge in [-0.3, -0.25) is 4.91 Å². The maximum absolute atomic E-state index is 6.75. The summed E-state index contributed by atoms with van der Waals surface area (Å²) in [6, 6.07) is 0. The molecule has 0 aliphatic rings. The minimum absolute atomic E-state index is 0. The predicted octanol–water partition coefficient (Wildman–Crippen LogP) is -1.71. The fourth-order valence-corrected chi connectivity index (χ4v) is 0. The second kappa shape index (κ2) is 23.3. The Morgan fingerprint density at radius 2 is 1.20 bits per heavy atom. The van der Waals surface area contributed by atoms with E-state index in [0.29, 0.717) is 0 Å². The Bertz CT molecular complexity index is 27.9. The average molecular weight is 101 g/mol. The van der Waals surface area contributed by atoms with Gasteiger partial charge < -0.3 is 11.1 Å². The van der Waals surface area contributed by atoms with Gasteiger partial charge in [-0.2, -0.15) is 0 Å². The zero-order chi connectivity index (χ0) is 2.71. The maximum atomic E-state index is 6.75. The second-order valence-electron chi connectivity index (χ2n) is 0.0894. The van der Waals surface area contributed by atoms with Crippen molar-refractivity contribution >= 4 is 12.4 Å². The van der Waals surface area contributed by atoms with Gasteiger partial charge in [0.05, 0.1) is 0 Å². The molecule has 0 unspecified atom stereocenters. The number of hydrogen-bond donors (Lipinski definition) is 0. The largest absolute Gasteiger partial charge is 1.00 e. The zero-order valence-corrected chi connectivity index (χ0v) is 5.57. The third-order valence-corrected chi connectivity index (χ3v) is 0. The van der Waals surface area contributed by atoms with Gasteiger partial charge in [0.1, 0.15) is 0 Å². The molecule has 0 amide bonds. The first-order valence-electron chi connectivity index (χ1n) is 0.400. The molecular formula is HClN3Na. The van der Waals surface area contributed by atoms with Gasteiger partial charge in [0.15, 0.2) is 0 Å². The van der Waals surface area contributed by atoms with Crippen LogP contribution in [0.4, 0.5) is 0 Å². The van der Waals surface area contributed by atoms with Crippen LogP contribution in [0.3, 0.4) is 0 Å². The van der Waals surface area contributed by atoms with Crippen LogP contribution in [0.15, 0.2) is 0 Å². The van der Waals surface area contributed by atoms with Crippen LogP contribution in [0.25, 0.3) is 16.0 Å². The fraction of sp³-hybridized carbons (Fsp3) is 0. The maximum Gasteiger partial charge on any atom is 1.00 e. The quantitative estimate of drug-likeness (QED) is 0.151. The van der Waals surface area contributed by atoms with Crippen LogP contribution in [0, 0.1) is 0 Å². The minimum atomic E-state index is 0. The Morgan fingerprint density at radius 3 is 1.20 bits per heavy atom. The van der Waals surface area contributed by atoms with Crippen molar-refractivity contribution in [3.05, 3.63) is 16.0 Å². The molecule has 0 rings (SSSR count). The number of hydrogen-bond acceptors (Lipinski definition) is 0. The molecule has 0 aromatic carbocycles. The van der Waals surface area contributed by atoms with Crippen LogP contribution in [0.1, 0.15) is 0 Å². The van der Waals surface area contributed by atoms with Crippen molar-refractivity contribution in [2.24, 2.45) is 0 Å². The van der Waals surface area contributed by atoms with E-state index < -0.39 is 0 Å². The van der Waals surface area contributed by atoms with Gasteiger partial charge in [0.25, 0.3) is 0 Å². The van der Waals surface area contributed by atoms with Gasteiger partial charge in [-0.25, -0.2) is 0 Å². The van der Waals surface area contributed by atoms with Crippen molar-refractivity contribution in [1.82, 2.24) is 0 Å². The molecule has 0 aromatic heterocycles. The van der Waals surface area contributed by atoms with Gasteiger partial charge in [-0.1, -0.05) is 0 Å². The number of halogens is 1. The smallest absolute Gasteiger partial charge is 0.373 e. The van der Waals surface area contributed by atoms with Crippen LogP contribution in [0.5, 0.6) is 0 Å². The Labute approximate surface area is 57.9 Å². The molecule has 5 heavy (non-hydrogen) atoms. The van der Waals surface area contributed by atoms with Crippen molar-refractivity contribution in [1.29, 1.82) is 0 Å². The SMILES string of the molecule is Cl.[N-]=[N+]=[N-].[Na+]. The minimum Gasteiger partial charge on any atom is -0.373 e. The summed E-state index contributed by atoms with van der Waals surface area (Å²) < 4.78 is 0. The third kappa shape index (κ3) is 86.4. The molecule has 0 saturated heterocycles. The monoisotopic (exact) mass is 101 g/mol. The molecule has 0 saturated carbocycles. The van der Waals surface area contributed by atoms with E-state index in [4.69, 9.17) is 11.1 Å². The van der Waals surface area contributed by atoms with Crippen LogP contribution < -0.4 is 29.6 Å². The summed E-state index contributed by atoms with van der Waals surface area (Å²) >= 11 is 0. The van der Waals surface area contributed by atoms with Crippen molar-refractivity contribution in [2.45, 2.75) is 0 Å². The first-order valence-corrected chi connectivity index (χ1v) is 0.400. The van der Waals surface area contributed by atoms with E-state index in [-0.39, 0.29) is 42.0 Å². The molecule has 0 heterocycles. The van der Waals surface area contributed by atoms with Crippen molar-refractivity contribution < 1.29 is 29.6 Å². The van der Waals surface area contributed by atoms with Gasteiger partial charge in [-0.05, 0) is 0 Å². The van der Waals surface area contributed by atoms with E-state index in [0.717, 1.165) is 0 Å². The summed E-state index contributed by atoms with van der Waals surface area (Å²) in [5.41, 5.74) is 13.5. The van der Waals surface area contributed by atoms with E-state index in [1.54, 1.807) is 0 Å². The van der Waals surface area contributed by atoms with Crippen LogP contribution in [0.2, 0.25) is 0 Å². The Balaban J connectivity index is -0.0000000200. The van der Waals surface area contributed by atoms with Crippen molar-refractivity contribution in [3.8, 4) is 0 Å². The summed E-state index contributed by atoms with van der Waals surface area (Å²) in [6.45, 7) is 0. The Kier molecular flexibility index (Phi) is 81.6. The van der Waals surface area contributed by atoms with Gasteiger partial charge in [0, 0.05) is 0 Å². The van der Waals surface area contributed by atoms with E-state index in [2.05, 4.69) is 0 Å². The van der Waals surface area contributed by atoms with Gasteiger partial charge in [0.2, 0.25) is 0 Å². The van der Waals surface area contributed by atoms with Crippen LogP contribution >= 0.6 is 12.4 Å². The summed E-state index contributed by atoms with van der Waals surface area (Å²) in [7, 11) is 0. The Hall–Kier alpha value is 0.600. The molecule has 0 aromatic rings. The molecule has 3 nitrogen and oxygen atoms in total. The normalized spacial score (nSPS) is 1.60. The van der Waals surface area contributed by atoms with Gasteiger partial charge >= 0.3 is 29.6 Å². The molecule has 24 valence electrons. The molecular weight excluding hydrogens is 100 g/mol. The molecule has 0 aliphatic carbocycles. The van der Waals surface area contributed by atoms with Crippen LogP contribution in [-0.2, 0) is 0 Å². The standard InChI is InChI=1S/ClH.N3.Na/c;1-3-2;/h1H;;/q;-1;+1. The van der Waals surface area contributed by atoms with Gasteiger partial charge in [-0.15, -0.1) is 12.4 Å². The Morgan fingerprint density at radius 1 is 1.20 bits per heavy atom. The van der Waals surface area contributed by atoms with Crippen molar-refractivity contribution in [3.63, 3.8) is 0 Å². The molecule has 0 N–H and O–H groups in total. The summed E-state index contributed by atoms with van der Waals surface area (Å²) in [6.07, 6.45) is 0. The van der Waals surface area contributed by atoms with E-state index >= 15 is 0 Å². The van der Waals surface area contributed by atoms with Crippen molar-refractivity contribution in [2.75, 3.05) is 0 Å². The molecule has 0 aliphatic heterocycles. The second-order valence-corrected chi connectivity index (χ2v) is 0.0894. The number of rotatable bonds is 0. The molecule has 0 atom stereocenters. The summed E-state index contributed by atoms with van der Waals surface area (Å²) in [5.74, 6) is 0. The topological polar surface area (TPSA) is 58.7 Å². The van der Waals surface area contributed by atoms with Crippen LogP contribution in [-0.4, -0.2) is 0 Å². The molecule has 0 fully saturated rings. The van der Waals surface area contributed by atoms with E-state index in [1.165, 1.54) is 4.91 Å². The molecule has 0 spiro atoms. The zero-order valence-electron chi connectivity index (χ0n) is 2.75.